The third kappa shape index (κ3) is 2.93. The zero-order valence-electron chi connectivity index (χ0n) is 11.9. The van der Waals surface area contributed by atoms with Gasteiger partial charge in [0.1, 0.15) is 0 Å². The summed E-state index contributed by atoms with van der Waals surface area (Å²) < 4.78 is 0. The molecule has 0 amide bonds. The van der Waals surface area contributed by atoms with Crippen LogP contribution in [0.2, 0.25) is 0 Å². The van der Waals surface area contributed by atoms with Gasteiger partial charge in [0, 0.05) is 17.4 Å². The van der Waals surface area contributed by atoms with E-state index in [1.54, 1.807) is 0 Å². The van der Waals surface area contributed by atoms with Crippen LogP contribution in [0.4, 0.5) is 11.4 Å². The number of hydrogen-bond acceptors (Lipinski definition) is 2. The Morgan fingerprint density at radius 1 is 1.24 bits per heavy atom. The SMILES string of the molecule is CCc1cc(N)c(C)c(NC(C)CC)c1CC. The maximum absolute atomic E-state index is 6.10. The molecule has 0 bridgehead atoms. The van der Waals surface area contributed by atoms with E-state index in [0.29, 0.717) is 6.04 Å². The van der Waals surface area contributed by atoms with E-state index in [9.17, 15) is 0 Å². The maximum atomic E-state index is 6.10. The van der Waals surface area contributed by atoms with Crippen molar-refractivity contribution in [2.24, 2.45) is 0 Å². The van der Waals surface area contributed by atoms with Crippen LogP contribution < -0.4 is 11.1 Å². The Kier molecular flexibility index (Phi) is 4.86. The molecule has 0 heterocycles. The lowest BCUT2D eigenvalue weighted by Crippen LogP contribution is -2.17. The minimum Gasteiger partial charge on any atom is -0.398 e. The van der Waals surface area contributed by atoms with Gasteiger partial charge in [-0.25, -0.2) is 0 Å². The predicted octanol–water partition coefficient (Wildman–Crippen LogP) is 3.91. The first-order chi connectivity index (χ1) is 8.04. The number of aryl methyl sites for hydroxylation is 1. The van der Waals surface area contributed by atoms with Crippen LogP contribution >= 0.6 is 0 Å². The van der Waals surface area contributed by atoms with Gasteiger partial charge in [-0.2, -0.15) is 0 Å². The zero-order valence-corrected chi connectivity index (χ0v) is 11.9. The average molecular weight is 234 g/mol. The van der Waals surface area contributed by atoms with E-state index in [0.717, 1.165) is 24.9 Å². The molecule has 1 aromatic rings. The van der Waals surface area contributed by atoms with Gasteiger partial charge >= 0.3 is 0 Å². The van der Waals surface area contributed by atoms with E-state index in [1.165, 1.54) is 22.4 Å². The fourth-order valence-electron chi connectivity index (χ4n) is 2.18. The number of nitrogens with one attached hydrogen (secondary N) is 1. The largest absolute Gasteiger partial charge is 0.398 e. The van der Waals surface area contributed by atoms with Crippen LogP contribution in [-0.4, -0.2) is 6.04 Å². The summed E-state index contributed by atoms with van der Waals surface area (Å²) in [5.41, 5.74) is 12.3. The molecule has 0 saturated heterocycles. The Labute approximate surface area is 106 Å². The molecule has 0 aliphatic heterocycles. The molecule has 0 spiro atoms. The molecule has 3 N–H and O–H groups in total. The second-order valence-electron chi connectivity index (χ2n) is 4.76. The topological polar surface area (TPSA) is 38.0 Å². The lowest BCUT2D eigenvalue weighted by molar-refractivity contribution is 0.760. The van der Waals surface area contributed by atoms with E-state index in [1.807, 2.05) is 0 Å². The standard InChI is InChI=1S/C15H26N2/c1-6-10(4)17-15-11(5)14(16)9-12(7-2)13(15)8-3/h9-10,17H,6-8,16H2,1-5H3. The number of nitrogens with two attached hydrogens (primary N) is 1. The third-order valence-corrected chi connectivity index (χ3v) is 3.56. The van der Waals surface area contributed by atoms with Crippen molar-refractivity contribution in [3.63, 3.8) is 0 Å². The minimum absolute atomic E-state index is 0.491. The Hall–Kier alpha value is -1.18. The Morgan fingerprint density at radius 3 is 2.35 bits per heavy atom. The molecule has 1 rings (SSSR count). The van der Waals surface area contributed by atoms with Crippen molar-refractivity contribution in [1.82, 2.24) is 0 Å². The molecule has 96 valence electrons. The zero-order chi connectivity index (χ0) is 13.0. The molecule has 0 radical (unpaired) electrons. The number of nitrogen functional groups attached to an aromatic ring is 1. The van der Waals surface area contributed by atoms with Gasteiger partial charge < -0.3 is 11.1 Å². The first-order valence-corrected chi connectivity index (χ1v) is 6.72. The van der Waals surface area contributed by atoms with E-state index in [-0.39, 0.29) is 0 Å². The minimum atomic E-state index is 0.491. The van der Waals surface area contributed by atoms with Crippen molar-refractivity contribution in [3.8, 4) is 0 Å². The van der Waals surface area contributed by atoms with Crippen molar-refractivity contribution in [2.75, 3.05) is 11.1 Å². The molecule has 0 aromatic heterocycles. The van der Waals surface area contributed by atoms with Crippen molar-refractivity contribution in [3.05, 3.63) is 22.8 Å². The lowest BCUT2D eigenvalue weighted by atomic mass is 9.95. The first kappa shape index (κ1) is 13.9. The van der Waals surface area contributed by atoms with E-state index in [2.05, 4.69) is 46.0 Å². The molecule has 0 aliphatic rings. The highest BCUT2D eigenvalue weighted by Gasteiger charge is 2.13. The summed E-state index contributed by atoms with van der Waals surface area (Å²) in [5.74, 6) is 0. The first-order valence-electron chi connectivity index (χ1n) is 6.72. The highest BCUT2D eigenvalue weighted by atomic mass is 14.9. The van der Waals surface area contributed by atoms with E-state index in [4.69, 9.17) is 5.73 Å². The molecule has 17 heavy (non-hydrogen) atoms. The van der Waals surface area contributed by atoms with Gasteiger partial charge in [-0.3, -0.25) is 0 Å². The van der Waals surface area contributed by atoms with Crippen LogP contribution in [0, 0.1) is 6.92 Å². The Balaban J connectivity index is 3.27. The molecule has 1 unspecified atom stereocenters. The van der Waals surface area contributed by atoms with Gasteiger partial charge in [0.25, 0.3) is 0 Å². The van der Waals surface area contributed by atoms with E-state index < -0.39 is 0 Å². The summed E-state index contributed by atoms with van der Waals surface area (Å²) in [6, 6.07) is 2.63. The molecular weight excluding hydrogens is 208 g/mol. The summed E-state index contributed by atoms with van der Waals surface area (Å²) in [5, 5.41) is 3.61. The molecule has 2 heteroatoms. The van der Waals surface area contributed by atoms with Crippen molar-refractivity contribution in [1.29, 1.82) is 0 Å². The number of benzene rings is 1. The average Bonchev–Trinajstić information content (AvgIpc) is 2.34. The lowest BCUT2D eigenvalue weighted by Gasteiger charge is -2.22. The van der Waals surface area contributed by atoms with Gasteiger partial charge in [0.2, 0.25) is 0 Å². The van der Waals surface area contributed by atoms with Gasteiger partial charge in [-0.15, -0.1) is 0 Å². The highest BCUT2D eigenvalue weighted by molar-refractivity contribution is 5.70. The molecule has 0 aliphatic carbocycles. The molecule has 1 atom stereocenters. The van der Waals surface area contributed by atoms with Gasteiger partial charge in [0.15, 0.2) is 0 Å². The van der Waals surface area contributed by atoms with Gasteiger partial charge in [-0.05, 0) is 55.9 Å². The van der Waals surface area contributed by atoms with Crippen LogP contribution in [-0.2, 0) is 12.8 Å². The highest BCUT2D eigenvalue weighted by Crippen LogP contribution is 2.31. The monoisotopic (exact) mass is 234 g/mol. The second kappa shape index (κ2) is 5.95. The third-order valence-electron chi connectivity index (χ3n) is 3.56. The maximum Gasteiger partial charge on any atom is 0.0427 e. The van der Waals surface area contributed by atoms with Crippen LogP contribution in [0.3, 0.4) is 0 Å². The van der Waals surface area contributed by atoms with Crippen LogP contribution in [0.1, 0.15) is 50.8 Å². The Morgan fingerprint density at radius 2 is 1.88 bits per heavy atom. The molecule has 2 nitrogen and oxygen atoms in total. The smallest absolute Gasteiger partial charge is 0.0427 e. The van der Waals surface area contributed by atoms with Crippen LogP contribution in [0.25, 0.3) is 0 Å². The molecular formula is C15H26N2. The summed E-state index contributed by atoms with van der Waals surface area (Å²) in [7, 11) is 0. The summed E-state index contributed by atoms with van der Waals surface area (Å²) in [6.45, 7) is 10.9. The van der Waals surface area contributed by atoms with Crippen molar-refractivity contribution < 1.29 is 0 Å². The van der Waals surface area contributed by atoms with Gasteiger partial charge in [-0.1, -0.05) is 20.8 Å². The Bertz CT molecular complexity index is 383. The number of anilines is 2. The number of hydrogen-bond donors (Lipinski definition) is 2. The summed E-state index contributed by atoms with van der Waals surface area (Å²) in [6.07, 6.45) is 3.23. The number of rotatable bonds is 5. The molecule has 0 fully saturated rings. The fourth-order valence-corrected chi connectivity index (χ4v) is 2.18. The second-order valence-corrected chi connectivity index (χ2v) is 4.76. The fraction of sp³-hybridized carbons (Fsp3) is 0.600. The van der Waals surface area contributed by atoms with Gasteiger partial charge in [0.05, 0.1) is 0 Å². The van der Waals surface area contributed by atoms with Crippen LogP contribution in [0.5, 0.6) is 0 Å². The quantitative estimate of drug-likeness (QED) is 0.758. The molecule has 0 saturated carbocycles. The predicted molar refractivity (Wildman–Crippen MR) is 77.7 cm³/mol. The molecule has 1 aromatic carbocycles. The van der Waals surface area contributed by atoms with Crippen molar-refractivity contribution >= 4 is 11.4 Å². The van der Waals surface area contributed by atoms with Crippen molar-refractivity contribution in [2.45, 2.75) is 59.9 Å². The van der Waals surface area contributed by atoms with E-state index >= 15 is 0 Å². The summed E-state index contributed by atoms with van der Waals surface area (Å²) in [4.78, 5) is 0. The summed E-state index contributed by atoms with van der Waals surface area (Å²) >= 11 is 0. The van der Waals surface area contributed by atoms with Crippen LogP contribution in [0.15, 0.2) is 6.07 Å². The normalized spacial score (nSPS) is 12.5.